The Balaban J connectivity index is 1.69. The van der Waals surface area contributed by atoms with Gasteiger partial charge in [0, 0.05) is 31.1 Å². The van der Waals surface area contributed by atoms with Crippen LogP contribution in [0.1, 0.15) is 10.6 Å². The summed E-state index contributed by atoms with van der Waals surface area (Å²) in [5.41, 5.74) is 6.18. The van der Waals surface area contributed by atoms with Crippen molar-refractivity contribution < 1.29 is 9.53 Å². The van der Waals surface area contributed by atoms with Gasteiger partial charge < -0.3 is 15.8 Å². The van der Waals surface area contributed by atoms with E-state index in [1.807, 2.05) is 35.8 Å². The molecule has 6 heteroatoms. The van der Waals surface area contributed by atoms with E-state index in [2.05, 4.69) is 10.3 Å². The zero-order chi connectivity index (χ0) is 14.2. The molecule has 0 radical (unpaired) electrons. The van der Waals surface area contributed by atoms with E-state index < -0.39 is 5.91 Å². The van der Waals surface area contributed by atoms with E-state index in [1.54, 1.807) is 11.3 Å². The smallest absolute Gasteiger partial charge is 0.255 e. The predicted octanol–water partition coefficient (Wildman–Crippen LogP) is 1.34. The number of amides is 1. The van der Waals surface area contributed by atoms with Gasteiger partial charge in [-0.25, -0.2) is 4.98 Å². The number of rotatable bonds is 8. The zero-order valence-corrected chi connectivity index (χ0v) is 11.9. The fourth-order valence-electron chi connectivity index (χ4n) is 1.66. The molecule has 1 aromatic carbocycles. The first-order valence-corrected chi connectivity index (χ1v) is 7.21. The minimum Gasteiger partial charge on any atom is -0.484 e. The average Bonchev–Trinajstić information content (AvgIpc) is 2.96. The molecule has 0 aliphatic carbocycles. The Hall–Kier alpha value is -1.92. The standard InChI is InChI=1S/C14H17N3O2S/c15-13(18)10-19-12-3-1-11(2-4-12)9-16-6-5-14-17-7-8-20-14/h1-4,7-8,16H,5-6,9-10H2,(H2,15,18). The van der Waals surface area contributed by atoms with Crippen LogP contribution in [0.15, 0.2) is 35.8 Å². The first-order chi connectivity index (χ1) is 9.74. The quantitative estimate of drug-likeness (QED) is 0.720. The topological polar surface area (TPSA) is 77.2 Å². The largest absolute Gasteiger partial charge is 0.484 e. The summed E-state index contributed by atoms with van der Waals surface area (Å²) in [6, 6.07) is 7.60. The molecule has 1 amide bonds. The Morgan fingerprint density at radius 3 is 2.80 bits per heavy atom. The van der Waals surface area contributed by atoms with E-state index in [0.29, 0.717) is 5.75 Å². The predicted molar refractivity (Wildman–Crippen MR) is 78.7 cm³/mol. The van der Waals surface area contributed by atoms with Crippen molar-refractivity contribution in [3.8, 4) is 5.75 Å². The zero-order valence-electron chi connectivity index (χ0n) is 11.0. The number of carbonyl (C=O) groups excluding carboxylic acids is 1. The van der Waals surface area contributed by atoms with Gasteiger partial charge in [0.2, 0.25) is 0 Å². The van der Waals surface area contributed by atoms with Crippen LogP contribution >= 0.6 is 11.3 Å². The first-order valence-electron chi connectivity index (χ1n) is 6.33. The molecular weight excluding hydrogens is 274 g/mol. The fraction of sp³-hybridized carbons (Fsp3) is 0.286. The van der Waals surface area contributed by atoms with Crippen LogP contribution in [0.3, 0.4) is 0 Å². The number of hydrogen-bond acceptors (Lipinski definition) is 5. The summed E-state index contributed by atoms with van der Waals surface area (Å²) < 4.78 is 5.20. The lowest BCUT2D eigenvalue weighted by Crippen LogP contribution is -2.20. The van der Waals surface area contributed by atoms with Crippen LogP contribution in [0.2, 0.25) is 0 Å². The van der Waals surface area contributed by atoms with E-state index in [0.717, 1.165) is 30.1 Å². The van der Waals surface area contributed by atoms with Gasteiger partial charge in [-0.3, -0.25) is 4.79 Å². The third kappa shape index (κ3) is 4.99. The summed E-state index contributed by atoms with van der Waals surface area (Å²) in [4.78, 5) is 14.8. The minimum atomic E-state index is -0.474. The van der Waals surface area contributed by atoms with Crippen molar-refractivity contribution in [2.24, 2.45) is 5.73 Å². The summed E-state index contributed by atoms with van der Waals surface area (Å²) in [5.74, 6) is 0.174. The number of benzene rings is 1. The molecule has 0 saturated carbocycles. The molecule has 5 nitrogen and oxygen atoms in total. The SMILES string of the molecule is NC(=O)COc1ccc(CNCCc2nccs2)cc1. The fourth-order valence-corrected chi connectivity index (χ4v) is 2.28. The number of nitrogens with one attached hydrogen (secondary N) is 1. The summed E-state index contributed by atoms with van der Waals surface area (Å²) in [7, 11) is 0. The molecule has 0 aliphatic rings. The van der Waals surface area contributed by atoms with Gasteiger partial charge in [-0.2, -0.15) is 0 Å². The number of ether oxygens (including phenoxy) is 1. The van der Waals surface area contributed by atoms with E-state index in [9.17, 15) is 4.79 Å². The second-order valence-electron chi connectivity index (χ2n) is 4.25. The van der Waals surface area contributed by atoms with Gasteiger partial charge in [-0.05, 0) is 17.7 Å². The normalized spacial score (nSPS) is 10.4. The highest BCUT2D eigenvalue weighted by Crippen LogP contribution is 2.12. The van der Waals surface area contributed by atoms with Crippen molar-refractivity contribution in [1.82, 2.24) is 10.3 Å². The third-order valence-electron chi connectivity index (χ3n) is 2.63. The van der Waals surface area contributed by atoms with Gasteiger partial charge >= 0.3 is 0 Å². The van der Waals surface area contributed by atoms with E-state index in [-0.39, 0.29) is 6.61 Å². The van der Waals surface area contributed by atoms with Crippen molar-refractivity contribution in [3.05, 3.63) is 46.4 Å². The van der Waals surface area contributed by atoms with Crippen LogP contribution in [0.25, 0.3) is 0 Å². The summed E-state index contributed by atoms with van der Waals surface area (Å²) in [6.07, 6.45) is 2.77. The average molecular weight is 291 g/mol. The number of nitrogens with two attached hydrogens (primary N) is 1. The summed E-state index contributed by atoms with van der Waals surface area (Å²) >= 11 is 1.67. The number of primary amides is 1. The highest BCUT2D eigenvalue weighted by atomic mass is 32.1. The lowest BCUT2D eigenvalue weighted by molar-refractivity contribution is -0.119. The van der Waals surface area contributed by atoms with Crippen LogP contribution in [0, 0.1) is 0 Å². The number of hydrogen-bond donors (Lipinski definition) is 2. The van der Waals surface area contributed by atoms with Crippen molar-refractivity contribution in [2.45, 2.75) is 13.0 Å². The minimum absolute atomic E-state index is 0.0919. The van der Waals surface area contributed by atoms with Crippen LogP contribution in [-0.2, 0) is 17.8 Å². The molecule has 0 fully saturated rings. The van der Waals surface area contributed by atoms with E-state index in [4.69, 9.17) is 10.5 Å². The second kappa shape index (κ2) is 7.62. The molecular formula is C14H17N3O2S. The number of nitrogens with zero attached hydrogens (tertiary/aromatic N) is 1. The molecule has 0 atom stereocenters. The van der Waals surface area contributed by atoms with Crippen molar-refractivity contribution in [2.75, 3.05) is 13.2 Å². The Bertz CT molecular complexity index is 526. The van der Waals surface area contributed by atoms with Crippen LogP contribution in [0.4, 0.5) is 0 Å². The maximum Gasteiger partial charge on any atom is 0.255 e. The first kappa shape index (κ1) is 14.5. The Morgan fingerprint density at radius 2 is 2.15 bits per heavy atom. The number of carbonyl (C=O) groups is 1. The maximum absolute atomic E-state index is 10.6. The second-order valence-corrected chi connectivity index (χ2v) is 5.23. The molecule has 0 bridgehead atoms. The molecule has 2 aromatic rings. The monoisotopic (exact) mass is 291 g/mol. The number of aromatic nitrogens is 1. The molecule has 2 rings (SSSR count). The third-order valence-corrected chi connectivity index (χ3v) is 3.47. The lowest BCUT2D eigenvalue weighted by atomic mass is 10.2. The van der Waals surface area contributed by atoms with Crippen molar-refractivity contribution in [1.29, 1.82) is 0 Å². The molecule has 0 aliphatic heterocycles. The van der Waals surface area contributed by atoms with Crippen LogP contribution in [-0.4, -0.2) is 24.0 Å². The molecule has 20 heavy (non-hydrogen) atoms. The molecule has 0 unspecified atom stereocenters. The Labute approximate surface area is 121 Å². The van der Waals surface area contributed by atoms with Crippen molar-refractivity contribution >= 4 is 17.2 Å². The molecule has 1 aromatic heterocycles. The van der Waals surface area contributed by atoms with Crippen molar-refractivity contribution in [3.63, 3.8) is 0 Å². The Kier molecular flexibility index (Phi) is 5.52. The van der Waals surface area contributed by atoms with Gasteiger partial charge in [-0.1, -0.05) is 12.1 Å². The van der Waals surface area contributed by atoms with Gasteiger partial charge in [0.1, 0.15) is 5.75 Å². The summed E-state index contributed by atoms with van der Waals surface area (Å²) in [5, 5.41) is 6.49. The number of thiazole rings is 1. The van der Waals surface area contributed by atoms with Gasteiger partial charge in [0.25, 0.3) is 5.91 Å². The van der Waals surface area contributed by atoms with Crippen LogP contribution in [0.5, 0.6) is 5.75 Å². The Morgan fingerprint density at radius 1 is 1.35 bits per heavy atom. The summed E-state index contributed by atoms with van der Waals surface area (Å²) in [6.45, 7) is 1.60. The lowest BCUT2D eigenvalue weighted by Gasteiger charge is -2.06. The van der Waals surface area contributed by atoms with Gasteiger partial charge in [-0.15, -0.1) is 11.3 Å². The van der Waals surface area contributed by atoms with E-state index in [1.165, 1.54) is 0 Å². The van der Waals surface area contributed by atoms with Gasteiger partial charge in [0.15, 0.2) is 6.61 Å². The molecule has 3 N–H and O–H groups in total. The molecule has 1 heterocycles. The van der Waals surface area contributed by atoms with E-state index >= 15 is 0 Å². The van der Waals surface area contributed by atoms with Crippen LogP contribution < -0.4 is 15.8 Å². The molecule has 106 valence electrons. The molecule has 0 saturated heterocycles. The highest BCUT2D eigenvalue weighted by Gasteiger charge is 1.99. The maximum atomic E-state index is 10.6. The van der Waals surface area contributed by atoms with Gasteiger partial charge in [0.05, 0.1) is 5.01 Å². The highest BCUT2D eigenvalue weighted by molar-refractivity contribution is 7.09. The molecule has 0 spiro atoms.